The highest BCUT2D eigenvalue weighted by atomic mass is 15.1. The number of benzene rings is 1. The van der Waals surface area contributed by atoms with Crippen molar-refractivity contribution in [2.75, 3.05) is 0 Å². The van der Waals surface area contributed by atoms with Gasteiger partial charge in [0.05, 0.1) is 11.7 Å². The van der Waals surface area contributed by atoms with Crippen LogP contribution in [0.15, 0.2) is 46.1 Å². The summed E-state index contributed by atoms with van der Waals surface area (Å²) < 4.78 is 0. The molecule has 0 amide bonds. The second-order valence-electron chi connectivity index (χ2n) is 6.26. The summed E-state index contributed by atoms with van der Waals surface area (Å²) in [6.07, 6.45) is 3.36. The molecule has 0 aliphatic rings. The summed E-state index contributed by atoms with van der Waals surface area (Å²) in [6, 6.07) is 10.7. The molecule has 122 valence electrons. The molecule has 1 rings (SSSR count). The Balaban J connectivity index is 3.00. The Labute approximate surface area is 136 Å². The molecule has 0 bridgehead atoms. The fourth-order valence-corrected chi connectivity index (χ4v) is 2.91. The highest BCUT2D eigenvalue weighted by Gasteiger charge is 2.20. The summed E-state index contributed by atoms with van der Waals surface area (Å²) in [5, 5.41) is 9.33. The van der Waals surface area contributed by atoms with Gasteiger partial charge >= 0.3 is 0 Å². The first kappa shape index (κ1) is 18.6. The van der Waals surface area contributed by atoms with E-state index in [-0.39, 0.29) is 6.04 Å². The van der Waals surface area contributed by atoms with Gasteiger partial charge in [0, 0.05) is 5.56 Å². The van der Waals surface area contributed by atoms with Crippen molar-refractivity contribution in [2.45, 2.75) is 66.8 Å². The molecule has 1 unspecified atom stereocenters. The van der Waals surface area contributed by atoms with Crippen LogP contribution in [0.5, 0.6) is 0 Å². The van der Waals surface area contributed by atoms with E-state index in [1.54, 1.807) is 0 Å². The van der Waals surface area contributed by atoms with Crippen LogP contribution in [0.2, 0.25) is 0 Å². The van der Waals surface area contributed by atoms with Gasteiger partial charge in [-0.1, -0.05) is 70.9 Å². The molecule has 1 aromatic rings. The smallest absolute Gasteiger partial charge is 0.0914 e. The standard InChI is InChI=1S/C20H32N2/c1-7-15(4)19(9-3)17(6)21-22-20(16(5)8-2)18-13-11-10-12-14-18/h10-15,17,19H,7-9H2,1-6H3/b20-16+,22-21-/t15-,17?,19-/m1/s1. The second-order valence-corrected chi connectivity index (χ2v) is 6.26. The van der Waals surface area contributed by atoms with E-state index in [2.05, 4.69) is 76.0 Å². The zero-order valence-electron chi connectivity index (χ0n) is 15.1. The Bertz CT molecular complexity index is 488. The lowest BCUT2D eigenvalue weighted by atomic mass is 9.85. The van der Waals surface area contributed by atoms with Gasteiger partial charge < -0.3 is 0 Å². The Hall–Kier alpha value is -1.44. The summed E-state index contributed by atoms with van der Waals surface area (Å²) in [5.74, 6) is 1.29. The number of hydrogen-bond donors (Lipinski definition) is 0. The van der Waals surface area contributed by atoms with Gasteiger partial charge in [-0.3, -0.25) is 0 Å². The van der Waals surface area contributed by atoms with Crippen molar-refractivity contribution in [1.29, 1.82) is 0 Å². The second kappa shape index (κ2) is 9.55. The molecule has 0 fully saturated rings. The number of azo groups is 1. The molecule has 0 spiro atoms. The van der Waals surface area contributed by atoms with Crippen LogP contribution in [0.3, 0.4) is 0 Å². The third kappa shape index (κ3) is 5.08. The zero-order chi connectivity index (χ0) is 16.5. The topological polar surface area (TPSA) is 24.7 Å². The molecule has 0 saturated carbocycles. The first-order valence-electron chi connectivity index (χ1n) is 8.71. The van der Waals surface area contributed by atoms with E-state index in [1.807, 2.05) is 6.07 Å². The molecule has 22 heavy (non-hydrogen) atoms. The fourth-order valence-electron chi connectivity index (χ4n) is 2.91. The molecular formula is C20H32N2. The van der Waals surface area contributed by atoms with E-state index in [4.69, 9.17) is 0 Å². The van der Waals surface area contributed by atoms with Crippen molar-refractivity contribution in [1.82, 2.24) is 0 Å². The number of allylic oxidation sites excluding steroid dienone is 1. The molecule has 2 heteroatoms. The van der Waals surface area contributed by atoms with Gasteiger partial charge in [-0.25, -0.2) is 0 Å². The SMILES string of the molecule is CC/C(C)=C(/N=N\C(C)[C@H](CC)[C@H](C)CC)c1ccccc1. The van der Waals surface area contributed by atoms with Crippen LogP contribution >= 0.6 is 0 Å². The van der Waals surface area contributed by atoms with Crippen molar-refractivity contribution in [3.63, 3.8) is 0 Å². The van der Waals surface area contributed by atoms with Gasteiger partial charge in [-0.15, -0.1) is 0 Å². The van der Waals surface area contributed by atoms with Crippen molar-refractivity contribution < 1.29 is 0 Å². The first-order valence-corrected chi connectivity index (χ1v) is 8.71. The van der Waals surface area contributed by atoms with E-state index in [0.717, 1.165) is 24.1 Å². The summed E-state index contributed by atoms with van der Waals surface area (Å²) in [5.41, 5.74) is 3.49. The third-order valence-corrected chi connectivity index (χ3v) is 4.79. The molecule has 1 aromatic carbocycles. The highest BCUT2D eigenvalue weighted by Crippen LogP contribution is 2.27. The van der Waals surface area contributed by atoms with Crippen LogP contribution in [0.4, 0.5) is 0 Å². The van der Waals surface area contributed by atoms with Crippen molar-refractivity contribution in [3.05, 3.63) is 41.5 Å². The molecule has 0 N–H and O–H groups in total. The lowest BCUT2D eigenvalue weighted by Gasteiger charge is -2.24. The van der Waals surface area contributed by atoms with E-state index < -0.39 is 0 Å². The van der Waals surface area contributed by atoms with Crippen LogP contribution < -0.4 is 0 Å². The average Bonchev–Trinajstić information content (AvgIpc) is 2.56. The minimum absolute atomic E-state index is 0.267. The van der Waals surface area contributed by atoms with Gasteiger partial charge in [-0.2, -0.15) is 10.2 Å². The third-order valence-electron chi connectivity index (χ3n) is 4.79. The van der Waals surface area contributed by atoms with Gasteiger partial charge in [0.15, 0.2) is 0 Å². The summed E-state index contributed by atoms with van der Waals surface area (Å²) in [7, 11) is 0. The summed E-state index contributed by atoms with van der Waals surface area (Å²) >= 11 is 0. The maximum Gasteiger partial charge on any atom is 0.0914 e. The Morgan fingerprint density at radius 2 is 1.64 bits per heavy atom. The molecule has 0 radical (unpaired) electrons. The minimum atomic E-state index is 0.267. The Morgan fingerprint density at radius 3 is 2.14 bits per heavy atom. The Kier molecular flexibility index (Phi) is 8.08. The lowest BCUT2D eigenvalue weighted by Crippen LogP contribution is -2.21. The molecule has 0 aromatic heterocycles. The zero-order valence-corrected chi connectivity index (χ0v) is 15.1. The molecule has 0 saturated heterocycles. The van der Waals surface area contributed by atoms with Gasteiger partial charge in [-0.05, 0) is 37.7 Å². The molecule has 3 atom stereocenters. The number of rotatable bonds is 8. The van der Waals surface area contributed by atoms with Crippen LogP contribution in [-0.4, -0.2) is 6.04 Å². The molecule has 0 aliphatic heterocycles. The van der Waals surface area contributed by atoms with E-state index in [0.29, 0.717) is 11.8 Å². The fraction of sp³-hybridized carbons (Fsp3) is 0.600. The maximum absolute atomic E-state index is 4.68. The maximum atomic E-state index is 4.68. The predicted molar refractivity (Wildman–Crippen MR) is 96.9 cm³/mol. The molecule has 2 nitrogen and oxygen atoms in total. The molecular weight excluding hydrogens is 268 g/mol. The lowest BCUT2D eigenvalue weighted by molar-refractivity contribution is 0.290. The van der Waals surface area contributed by atoms with Crippen molar-refractivity contribution in [3.8, 4) is 0 Å². The molecule has 0 aliphatic carbocycles. The quantitative estimate of drug-likeness (QED) is 0.475. The summed E-state index contributed by atoms with van der Waals surface area (Å²) in [6.45, 7) is 13.4. The average molecular weight is 300 g/mol. The minimum Gasteiger partial charge on any atom is -0.185 e. The van der Waals surface area contributed by atoms with Crippen LogP contribution in [0.25, 0.3) is 5.70 Å². The van der Waals surface area contributed by atoms with E-state index >= 15 is 0 Å². The van der Waals surface area contributed by atoms with Gasteiger partial charge in [0.1, 0.15) is 0 Å². The predicted octanol–water partition coefficient (Wildman–Crippen LogP) is 6.74. The van der Waals surface area contributed by atoms with E-state index in [1.165, 1.54) is 12.0 Å². The molecule has 0 heterocycles. The summed E-state index contributed by atoms with van der Waals surface area (Å²) in [4.78, 5) is 0. The highest BCUT2D eigenvalue weighted by molar-refractivity contribution is 5.66. The Morgan fingerprint density at radius 1 is 1.00 bits per heavy atom. The largest absolute Gasteiger partial charge is 0.185 e. The van der Waals surface area contributed by atoms with Crippen molar-refractivity contribution >= 4 is 5.70 Å². The monoisotopic (exact) mass is 300 g/mol. The van der Waals surface area contributed by atoms with Gasteiger partial charge in [0.25, 0.3) is 0 Å². The van der Waals surface area contributed by atoms with Crippen molar-refractivity contribution in [2.24, 2.45) is 22.1 Å². The van der Waals surface area contributed by atoms with Gasteiger partial charge in [0.2, 0.25) is 0 Å². The van der Waals surface area contributed by atoms with E-state index in [9.17, 15) is 0 Å². The van der Waals surface area contributed by atoms with Crippen LogP contribution in [0.1, 0.15) is 66.4 Å². The van der Waals surface area contributed by atoms with Crippen LogP contribution in [0, 0.1) is 11.8 Å². The number of hydrogen-bond acceptors (Lipinski definition) is 2. The first-order chi connectivity index (χ1) is 10.5. The van der Waals surface area contributed by atoms with Crippen LogP contribution in [-0.2, 0) is 0 Å². The number of nitrogens with zero attached hydrogens (tertiary/aromatic N) is 2. The normalized spacial score (nSPS) is 17.2.